The Morgan fingerprint density at radius 3 is 2.69 bits per heavy atom. The van der Waals surface area contributed by atoms with Crippen LogP contribution < -0.4 is 16.0 Å². The van der Waals surface area contributed by atoms with Gasteiger partial charge in [-0.3, -0.25) is 14.3 Å². The molecule has 1 N–H and O–H groups in total. The monoisotopic (exact) mass is 376 g/mol. The molecule has 3 heterocycles. The number of hydrogen-bond acceptors (Lipinski definition) is 6. The second-order valence-electron chi connectivity index (χ2n) is 6.48. The molecule has 4 rings (SSSR count). The number of thioether (sulfide) groups is 1. The molecule has 2 aliphatic heterocycles. The van der Waals surface area contributed by atoms with Gasteiger partial charge in [0.1, 0.15) is 5.75 Å². The maximum Gasteiger partial charge on any atom is 0.329 e. The van der Waals surface area contributed by atoms with Crippen molar-refractivity contribution in [3.8, 4) is 5.75 Å². The lowest BCUT2D eigenvalue weighted by Gasteiger charge is -2.34. The summed E-state index contributed by atoms with van der Waals surface area (Å²) >= 11 is 1.65. The van der Waals surface area contributed by atoms with E-state index < -0.39 is 17.5 Å². The van der Waals surface area contributed by atoms with E-state index in [2.05, 4.69) is 11.9 Å². The number of rotatable bonds is 3. The SMILES string of the molecule is COc1ccc(C2OC[C@H]3S[C@@H](n4ccc(=O)[nH]c4=O)[C@H](C)[C@@H]3O2)cc1. The normalized spacial score (nSPS) is 30.8. The Morgan fingerprint density at radius 1 is 1.23 bits per heavy atom. The fraction of sp³-hybridized carbons (Fsp3) is 0.444. The van der Waals surface area contributed by atoms with Gasteiger partial charge in [-0.15, -0.1) is 11.8 Å². The summed E-state index contributed by atoms with van der Waals surface area (Å²) in [5.74, 6) is 0.878. The highest BCUT2D eigenvalue weighted by atomic mass is 32.2. The molecule has 2 aliphatic rings. The van der Waals surface area contributed by atoms with Gasteiger partial charge in [0.25, 0.3) is 5.56 Å². The molecule has 5 atom stereocenters. The molecule has 1 unspecified atom stereocenters. The molecule has 1 aromatic carbocycles. The van der Waals surface area contributed by atoms with Crippen LogP contribution in [0.1, 0.15) is 24.2 Å². The Morgan fingerprint density at radius 2 is 2.00 bits per heavy atom. The Kier molecular flexibility index (Phi) is 4.64. The number of methoxy groups -OCH3 is 1. The molecule has 0 radical (unpaired) electrons. The Hall–Kier alpha value is -2.03. The lowest BCUT2D eigenvalue weighted by Crippen LogP contribution is -2.39. The molecule has 26 heavy (non-hydrogen) atoms. The molecule has 138 valence electrons. The highest BCUT2D eigenvalue weighted by molar-refractivity contribution is 8.00. The molecule has 2 saturated heterocycles. The number of nitrogens with one attached hydrogen (secondary N) is 1. The summed E-state index contributed by atoms with van der Waals surface area (Å²) in [4.78, 5) is 25.8. The number of ether oxygens (including phenoxy) is 3. The Labute approximate surface area is 154 Å². The number of nitrogens with zero attached hydrogens (tertiary/aromatic N) is 1. The summed E-state index contributed by atoms with van der Waals surface area (Å²) in [7, 11) is 1.63. The van der Waals surface area contributed by atoms with Gasteiger partial charge in [0, 0.05) is 23.7 Å². The van der Waals surface area contributed by atoms with Gasteiger partial charge < -0.3 is 14.2 Å². The topological polar surface area (TPSA) is 82.5 Å². The predicted octanol–water partition coefficient (Wildman–Crippen LogP) is 1.91. The molecule has 8 heteroatoms. The van der Waals surface area contributed by atoms with Crippen molar-refractivity contribution in [3.05, 3.63) is 62.9 Å². The average molecular weight is 376 g/mol. The molecule has 0 amide bonds. The number of H-pyrrole nitrogens is 1. The summed E-state index contributed by atoms with van der Waals surface area (Å²) in [6.07, 6.45) is 1.08. The molecule has 2 fully saturated rings. The van der Waals surface area contributed by atoms with Crippen molar-refractivity contribution in [2.75, 3.05) is 13.7 Å². The first kappa shape index (κ1) is 17.4. The van der Waals surface area contributed by atoms with Crippen molar-refractivity contribution < 1.29 is 14.2 Å². The molecular formula is C18H20N2O5S. The van der Waals surface area contributed by atoms with E-state index in [1.165, 1.54) is 6.07 Å². The van der Waals surface area contributed by atoms with Crippen molar-refractivity contribution in [2.45, 2.75) is 29.9 Å². The zero-order chi connectivity index (χ0) is 18.3. The van der Waals surface area contributed by atoms with Gasteiger partial charge in [-0.05, 0) is 12.1 Å². The third kappa shape index (κ3) is 3.08. The third-order valence-electron chi connectivity index (χ3n) is 4.85. The molecule has 0 aliphatic carbocycles. The Balaban J connectivity index is 1.54. The number of aromatic amines is 1. The maximum absolute atomic E-state index is 12.1. The predicted molar refractivity (Wildman–Crippen MR) is 97.5 cm³/mol. The van der Waals surface area contributed by atoms with Gasteiger partial charge in [0.2, 0.25) is 0 Å². The van der Waals surface area contributed by atoms with Crippen LogP contribution in [0.2, 0.25) is 0 Å². The minimum Gasteiger partial charge on any atom is -0.497 e. The van der Waals surface area contributed by atoms with Gasteiger partial charge in [-0.1, -0.05) is 19.1 Å². The standard InChI is InChI=1S/C18H20N2O5S/c1-10-15-13(26-16(10)20-8-7-14(21)19-18(20)22)9-24-17(25-15)11-3-5-12(23-2)6-4-11/h3-8,10,13,15-17H,9H2,1-2H3,(H,19,21,22)/t10-,13-,15+,16-,17?/m1/s1. The van der Waals surface area contributed by atoms with Gasteiger partial charge in [-0.2, -0.15) is 0 Å². The maximum atomic E-state index is 12.1. The minimum absolute atomic E-state index is 0.0373. The van der Waals surface area contributed by atoms with Gasteiger partial charge >= 0.3 is 5.69 Å². The molecule has 0 saturated carbocycles. The van der Waals surface area contributed by atoms with Crippen molar-refractivity contribution in [1.82, 2.24) is 9.55 Å². The van der Waals surface area contributed by atoms with Crippen molar-refractivity contribution in [2.24, 2.45) is 5.92 Å². The van der Waals surface area contributed by atoms with Crippen LogP contribution in [0, 0.1) is 5.92 Å². The quantitative estimate of drug-likeness (QED) is 0.881. The lowest BCUT2D eigenvalue weighted by molar-refractivity contribution is -0.221. The van der Waals surface area contributed by atoms with E-state index in [0.717, 1.165) is 11.3 Å². The van der Waals surface area contributed by atoms with Crippen LogP contribution in [0.3, 0.4) is 0 Å². The van der Waals surface area contributed by atoms with Gasteiger partial charge in [0.15, 0.2) is 6.29 Å². The summed E-state index contributed by atoms with van der Waals surface area (Å²) in [5.41, 5.74) is 0.151. The van der Waals surface area contributed by atoms with Crippen LogP contribution >= 0.6 is 11.8 Å². The molecule has 2 aromatic rings. The lowest BCUT2D eigenvalue weighted by atomic mass is 10.0. The molecule has 0 bridgehead atoms. The van der Waals surface area contributed by atoms with Crippen molar-refractivity contribution in [1.29, 1.82) is 0 Å². The third-order valence-corrected chi connectivity index (χ3v) is 6.54. The summed E-state index contributed by atoms with van der Waals surface area (Å²) < 4.78 is 18.9. The van der Waals surface area contributed by atoms with Crippen LogP contribution in [0.4, 0.5) is 0 Å². The highest BCUT2D eigenvalue weighted by Crippen LogP contribution is 2.50. The highest BCUT2D eigenvalue weighted by Gasteiger charge is 2.47. The van der Waals surface area contributed by atoms with Gasteiger partial charge in [0.05, 0.1) is 30.4 Å². The zero-order valence-corrected chi connectivity index (χ0v) is 15.3. The first-order valence-corrected chi connectivity index (χ1v) is 9.39. The minimum atomic E-state index is -0.434. The molecular weight excluding hydrogens is 356 g/mol. The summed E-state index contributed by atoms with van der Waals surface area (Å²) in [5, 5.41) is 0.0379. The van der Waals surface area contributed by atoms with Crippen LogP contribution in [0.15, 0.2) is 46.1 Å². The van der Waals surface area contributed by atoms with Gasteiger partial charge in [-0.25, -0.2) is 4.79 Å². The van der Waals surface area contributed by atoms with E-state index >= 15 is 0 Å². The van der Waals surface area contributed by atoms with E-state index in [1.807, 2.05) is 24.3 Å². The average Bonchev–Trinajstić information content (AvgIpc) is 2.98. The van der Waals surface area contributed by atoms with Crippen molar-refractivity contribution >= 4 is 11.8 Å². The van der Waals surface area contributed by atoms with E-state index in [-0.39, 0.29) is 22.6 Å². The first-order valence-electron chi connectivity index (χ1n) is 8.45. The summed E-state index contributed by atoms with van der Waals surface area (Å²) in [6.45, 7) is 2.61. The fourth-order valence-electron chi connectivity index (χ4n) is 3.47. The second-order valence-corrected chi connectivity index (χ2v) is 7.84. The molecule has 7 nitrogen and oxygen atoms in total. The molecule has 1 aromatic heterocycles. The first-order chi connectivity index (χ1) is 12.6. The van der Waals surface area contributed by atoms with Crippen LogP contribution in [-0.2, 0) is 9.47 Å². The van der Waals surface area contributed by atoms with E-state index in [4.69, 9.17) is 14.2 Å². The van der Waals surface area contributed by atoms with Crippen LogP contribution in [0.25, 0.3) is 0 Å². The van der Waals surface area contributed by atoms with E-state index in [1.54, 1.807) is 29.6 Å². The fourth-order valence-corrected chi connectivity index (χ4v) is 5.16. The van der Waals surface area contributed by atoms with E-state index in [9.17, 15) is 9.59 Å². The smallest absolute Gasteiger partial charge is 0.329 e. The zero-order valence-electron chi connectivity index (χ0n) is 14.5. The number of fused-ring (bicyclic) bond motifs is 1. The number of benzene rings is 1. The largest absolute Gasteiger partial charge is 0.497 e. The van der Waals surface area contributed by atoms with Crippen molar-refractivity contribution in [3.63, 3.8) is 0 Å². The van der Waals surface area contributed by atoms with Crippen LogP contribution in [-0.4, -0.2) is 34.6 Å². The second kappa shape index (κ2) is 6.94. The number of hydrogen-bond donors (Lipinski definition) is 1. The number of aromatic nitrogens is 2. The van der Waals surface area contributed by atoms with E-state index in [0.29, 0.717) is 6.61 Å². The Bertz CT molecular complexity index is 893. The molecule has 0 spiro atoms. The van der Waals surface area contributed by atoms with Crippen LogP contribution in [0.5, 0.6) is 5.75 Å². The summed E-state index contributed by atoms with van der Waals surface area (Å²) in [6, 6.07) is 8.99.